The van der Waals surface area contributed by atoms with Gasteiger partial charge in [-0.1, -0.05) is 6.92 Å². The Morgan fingerprint density at radius 1 is 1.64 bits per heavy atom. The highest BCUT2D eigenvalue weighted by Crippen LogP contribution is 2.16. The molecule has 0 aromatic heterocycles. The number of likely N-dealkylation sites (tertiary alicyclic amines) is 1. The number of nitrogens with two attached hydrogens (primary N) is 2. The maximum Gasteiger partial charge on any atom is 0.239 e. The first-order valence-corrected chi connectivity index (χ1v) is 5.37. The fraction of sp³-hybridized carbons (Fsp3) is 0.900. The molecule has 0 aliphatic carbocycles. The summed E-state index contributed by atoms with van der Waals surface area (Å²) in [5.74, 6) is 0.0758. The Balaban J connectivity index is 2.55. The van der Waals surface area contributed by atoms with Gasteiger partial charge in [-0.3, -0.25) is 4.79 Å². The van der Waals surface area contributed by atoms with E-state index in [4.69, 9.17) is 11.5 Å². The van der Waals surface area contributed by atoms with Gasteiger partial charge < -0.3 is 16.4 Å². The predicted molar refractivity (Wildman–Crippen MR) is 56.7 cm³/mol. The van der Waals surface area contributed by atoms with E-state index in [-0.39, 0.29) is 24.0 Å². The minimum Gasteiger partial charge on any atom is -0.339 e. The molecule has 0 radical (unpaired) electrons. The summed E-state index contributed by atoms with van der Waals surface area (Å²) < 4.78 is 0. The van der Waals surface area contributed by atoms with Crippen LogP contribution in [0.5, 0.6) is 0 Å². The lowest BCUT2D eigenvalue weighted by atomic mass is 9.98. The quantitative estimate of drug-likeness (QED) is 0.660. The molecule has 0 aromatic rings. The Morgan fingerprint density at radius 3 is 2.79 bits per heavy atom. The average molecular weight is 199 g/mol. The second-order valence-corrected chi connectivity index (χ2v) is 4.18. The molecule has 2 unspecified atom stereocenters. The number of carbonyl (C=O) groups excluding carboxylic acids is 1. The van der Waals surface area contributed by atoms with Gasteiger partial charge in [-0.05, 0) is 26.2 Å². The molecule has 1 fully saturated rings. The van der Waals surface area contributed by atoms with E-state index in [2.05, 4.69) is 0 Å². The molecule has 1 aliphatic heterocycles. The molecule has 1 aliphatic rings. The van der Waals surface area contributed by atoms with Gasteiger partial charge in [-0.25, -0.2) is 0 Å². The Labute approximate surface area is 85.6 Å². The van der Waals surface area contributed by atoms with Crippen LogP contribution in [0.1, 0.15) is 33.1 Å². The molecule has 0 bridgehead atoms. The number of hydrogen-bond donors (Lipinski definition) is 2. The van der Waals surface area contributed by atoms with E-state index in [1.807, 2.05) is 18.7 Å². The van der Waals surface area contributed by atoms with Crippen molar-refractivity contribution in [3.05, 3.63) is 0 Å². The maximum absolute atomic E-state index is 11.8. The average Bonchev–Trinajstić information content (AvgIpc) is 2.15. The van der Waals surface area contributed by atoms with Crippen LogP contribution in [0.4, 0.5) is 0 Å². The van der Waals surface area contributed by atoms with E-state index in [0.717, 1.165) is 19.4 Å². The van der Waals surface area contributed by atoms with Crippen molar-refractivity contribution in [1.29, 1.82) is 0 Å². The molecule has 0 spiro atoms. The van der Waals surface area contributed by atoms with Crippen molar-refractivity contribution in [2.75, 3.05) is 6.54 Å². The molecule has 1 rings (SSSR count). The monoisotopic (exact) mass is 199 g/mol. The normalized spacial score (nSPS) is 30.1. The van der Waals surface area contributed by atoms with Crippen molar-refractivity contribution in [2.24, 2.45) is 11.5 Å². The zero-order chi connectivity index (χ0) is 10.7. The van der Waals surface area contributed by atoms with Crippen LogP contribution in [0.15, 0.2) is 0 Å². The summed E-state index contributed by atoms with van der Waals surface area (Å²) in [5, 5.41) is 0. The number of amides is 1. The molecular formula is C10H21N3O. The lowest BCUT2D eigenvalue weighted by Crippen LogP contribution is -2.53. The van der Waals surface area contributed by atoms with E-state index >= 15 is 0 Å². The van der Waals surface area contributed by atoms with Crippen LogP contribution in [-0.2, 0) is 4.79 Å². The van der Waals surface area contributed by atoms with Crippen molar-refractivity contribution in [1.82, 2.24) is 4.90 Å². The lowest BCUT2D eigenvalue weighted by Gasteiger charge is -2.37. The summed E-state index contributed by atoms with van der Waals surface area (Å²) >= 11 is 0. The number of carbonyl (C=O) groups is 1. The molecule has 1 heterocycles. The second-order valence-electron chi connectivity index (χ2n) is 4.18. The second kappa shape index (κ2) is 4.75. The summed E-state index contributed by atoms with van der Waals surface area (Å²) in [5.41, 5.74) is 11.5. The summed E-state index contributed by atoms with van der Waals surface area (Å²) in [7, 11) is 0. The molecule has 4 nitrogen and oxygen atoms in total. The van der Waals surface area contributed by atoms with Gasteiger partial charge in [0.1, 0.15) is 0 Å². The molecule has 1 saturated heterocycles. The summed E-state index contributed by atoms with van der Waals surface area (Å²) in [6, 6.07) is 0.141. The highest BCUT2D eigenvalue weighted by Gasteiger charge is 2.29. The smallest absolute Gasteiger partial charge is 0.239 e. The predicted octanol–water partition coefficient (Wildman–Crippen LogP) is 0.0619. The van der Waals surface area contributed by atoms with Crippen LogP contribution in [0, 0.1) is 0 Å². The molecular weight excluding hydrogens is 178 g/mol. The molecule has 14 heavy (non-hydrogen) atoms. The van der Waals surface area contributed by atoms with Crippen molar-refractivity contribution in [2.45, 2.75) is 51.2 Å². The summed E-state index contributed by atoms with van der Waals surface area (Å²) in [6.07, 6.45) is 2.49. The highest BCUT2D eigenvalue weighted by molar-refractivity contribution is 5.81. The van der Waals surface area contributed by atoms with Crippen molar-refractivity contribution < 1.29 is 4.79 Å². The van der Waals surface area contributed by atoms with Gasteiger partial charge in [0, 0.05) is 18.6 Å². The largest absolute Gasteiger partial charge is 0.339 e. The molecule has 3 atom stereocenters. The number of rotatable bonds is 2. The van der Waals surface area contributed by atoms with Gasteiger partial charge in [0.25, 0.3) is 0 Å². The van der Waals surface area contributed by atoms with Crippen LogP contribution in [0.3, 0.4) is 0 Å². The summed E-state index contributed by atoms with van der Waals surface area (Å²) in [4.78, 5) is 13.7. The van der Waals surface area contributed by atoms with Crippen LogP contribution < -0.4 is 11.5 Å². The van der Waals surface area contributed by atoms with Gasteiger partial charge in [0.2, 0.25) is 5.91 Å². The Kier molecular flexibility index (Phi) is 3.89. The molecule has 0 aromatic carbocycles. The maximum atomic E-state index is 11.8. The minimum atomic E-state index is -0.341. The molecule has 4 heteroatoms. The van der Waals surface area contributed by atoms with Crippen molar-refractivity contribution in [3.63, 3.8) is 0 Å². The molecule has 4 N–H and O–H groups in total. The van der Waals surface area contributed by atoms with Crippen LogP contribution in [0.2, 0.25) is 0 Å². The fourth-order valence-corrected chi connectivity index (χ4v) is 1.92. The Hall–Kier alpha value is -0.610. The van der Waals surface area contributed by atoms with E-state index in [1.165, 1.54) is 0 Å². The van der Waals surface area contributed by atoms with Crippen LogP contribution >= 0.6 is 0 Å². The highest BCUT2D eigenvalue weighted by atomic mass is 16.2. The van der Waals surface area contributed by atoms with Crippen molar-refractivity contribution >= 4 is 5.91 Å². The van der Waals surface area contributed by atoms with Gasteiger partial charge >= 0.3 is 0 Å². The lowest BCUT2D eigenvalue weighted by molar-refractivity contribution is -0.136. The SMILES string of the molecule is CC[C@H](N)C(=O)N1CCC(N)CC1C. The number of piperidine rings is 1. The van der Waals surface area contributed by atoms with E-state index in [9.17, 15) is 4.79 Å². The number of hydrogen-bond acceptors (Lipinski definition) is 3. The third-order valence-electron chi connectivity index (χ3n) is 2.96. The van der Waals surface area contributed by atoms with E-state index in [0.29, 0.717) is 6.42 Å². The molecule has 82 valence electrons. The number of nitrogens with zero attached hydrogens (tertiary/aromatic N) is 1. The topological polar surface area (TPSA) is 72.4 Å². The van der Waals surface area contributed by atoms with Gasteiger partial charge in [0.15, 0.2) is 0 Å². The zero-order valence-electron chi connectivity index (χ0n) is 9.07. The van der Waals surface area contributed by atoms with Gasteiger partial charge in [-0.2, -0.15) is 0 Å². The fourth-order valence-electron chi connectivity index (χ4n) is 1.92. The third-order valence-corrected chi connectivity index (χ3v) is 2.96. The van der Waals surface area contributed by atoms with Crippen LogP contribution in [0.25, 0.3) is 0 Å². The molecule has 0 saturated carbocycles. The molecule has 1 amide bonds. The van der Waals surface area contributed by atoms with Crippen molar-refractivity contribution in [3.8, 4) is 0 Å². The minimum absolute atomic E-state index is 0.0758. The Morgan fingerprint density at radius 2 is 2.29 bits per heavy atom. The Bertz CT molecular complexity index is 208. The van der Waals surface area contributed by atoms with E-state index < -0.39 is 0 Å². The third kappa shape index (κ3) is 2.45. The first-order chi connectivity index (χ1) is 6.56. The van der Waals surface area contributed by atoms with Crippen LogP contribution in [-0.4, -0.2) is 35.5 Å². The first-order valence-electron chi connectivity index (χ1n) is 5.37. The summed E-state index contributed by atoms with van der Waals surface area (Å²) in [6.45, 7) is 4.73. The first kappa shape index (κ1) is 11.5. The van der Waals surface area contributed by atoms with Gasteiger partial charge in [0.05, 0.1) is 6.04 Å². The van der Waals surface area contributed by atoms with Gasteiger partial charge in [-0.15, -0.1) is 0 Å². The zero-order valence-corrected chi connectivity index (χ0v) is 9.07. The standard InChI is InChI=1S/C10H21N3O/c1-3-9(12)10(14)13-5-4-8(11)6-7(13)2/h7-9H,3-6,11-12H2,1-2H3/t7?,8?,9-/m0/s1. The van der Waals surface area contributed by atoms with E-state index in [1.54, 1.807) is 0 Å².